The smallest absolute Gasteiger partial charge is 0.318 e. The summed E-state index contributed by atoms with van der Waals surface area (Å²) in [5, 5.41) is 0. The van der Waals surface area contributed by atoms with Crippen molar-refractivity contribution in [3.63, 3.8) is 0 Å². The summed E-state index contributed by atoms with van der Waals surface area (Å²) in [6.07, 6.45) is -14.7. The molecule has 0 N–H and O–H groups in total. The van der Waals surface area contributed by atoms with E-state index in [9.17, 15) is 26.3 Å². The van der Waals surface area contributed by atoms with Crippen LogP contribution in [0.4, 0.5) is 26.3 Å². The molecular weight excluding hydrogens is 190 g/mol. The number of halogens is 6. The summed E-state index contributed by atoms with van der Waals surface area (Å²) >= 11 is 0. The standard InChI is InChI=1S/C5H6F6O/c1-2-12-5(10,11)3(6)4(7,8)9/h3H,2H2,1H3/t3-/m1/s1. The van der Waals surface area contributed by atoms with Crippen LogP contribution in [0.5, 0.6) is 0 Å². The highest BCUT2D eigenvalue weighted by molar-refractivity contribution is 4.74. The van der Waals surface area contributed by atoms with Crippen molar-refractivity contribution in [3.05, 3.63) is 0 Å². The third-order valence-corrected chi connectivity index (χ3v) is 0.919. The average molecular weight is 196 g/mol. The Morgan fingerprint density at radius 2 is 1.58 bits per heavy atom. The van der Waals surface area contributed by atoms with Crippen molar-refractivity contribution in [3.8, 4) is 0 Å². The molecule has 0 aliphatic rings. The largest absolute Gasteiger partial charge is 0.428 e. The lowest BCUT2D eigenvalue weighted by atomic mass is 10.3. The fraction of sp³-hybridized carbons (Fsp3) is 1.00. The van der Waals surface area contributed by atoms with Crippen molar-refractivity contribution in [2.75, 3.05) is 6.61 Å². The zero-order valence-corrected chi connectivity index (χ0v) is 5.96. The van der Waals surface area contributed by atoms with Crippen molar-refractivity contribution in [2.45, 2.75) is 25.4 Å². The summed E-state index contributed by atoms with van der Waals surface area (Å²) in [6.45, 7) is 0.348. The Morgan fingerprint density at radius 3 is 1.83 bits per heavy atom. The topological polar surface area (TPSA) is 9.23 Å². The SMILES string of the molecule is CCOC(F)(F)[C@H](F)C(F)(F)F. The third kappa shape index (κ3) is 2.88. The first kappa shape index (κ1) is 11.5. The van der Waals surface area contributed by atoms with Gasteiger partial charge in [-0.3, -0.25) is 0 Å². The highest BCUT2D eigenvalue weighted by atomic mass is 19.4. The fourth-order valence-corrected chi connectivity index (χ4v) is 0.456. The van der Waals surface area contributed by atoms with Crippen LogP contribution in [0.15, 0.2) is 0 Å². The minimum atomic E-state index is -5.60. The van der Waals surface area contributed by atoms with E-state index < -0.39 is 25.1 Å². The average Bonchev–Trinajstić information content (AvgIpc) is 1.84. The van der Waals surface area contributed by atoms with Crippen LogP contribution in [0.1, 0.15) is 6.92 Å². The Bertz CT molecular complexity index is 141. The number of ether oxygens (including phenoxy) is 1. The van der Waals surface area contributed by atoms with Gasteiger partial charge in [0.1, 0.15) is 0 Å². The lowest BCUT2D eigenvalue weighted by Crippen LogP contribution is -2.43. The summed E-state index contributed by atoms with van der Waals surface area (Å²) in [5.74, 6) is 0. The fourth-order valence-electron chi connectivity index (χ4n) is 0.456. The van der Waals surface area contributed by atoms with Gasteiger partial charge in [0.2, 0.25) is 0 Å². The summed E-state index contributed by atoms with van der Waals surface area (Å²) < 4.78 is 73.2. The van der Waals surface area contributed by atoms with Crippen molar-refractivity contribution in [1.29, 1.82) is 0 Å². The molecule has 0 unspecified atom stereocenters. The second kappa shape index (κ2) is 3.51. The first-order valence-electron chi connectivity index (χ1n) is 2.94. The van der Waals surface area contributed by atoms with Gasteiger partial charge in [0.25, 0.3) is 6.17 Å². The van der Waals surface area contributed by atoms with E-state index in [1.165, 1.54) is 0 Å². The number of rotatable bonds is 3. The molecule has 0 aromatic heterocycles. The van der Waals surface area contributed by atoms with E-state index in [1.54, 1.807) is 0 Å². The number of hydrogen-bond donors (Lipinski definition) is 0. The van der Waals surface area contributed by atoms with Gasteiger partial charge >= 0.3 is 12.3 Å². The number of hydrogen-bond acceptors (Lipinski definition) is 1. The molecule has 0 aliphatic carbocycles. The maximum absolute atomic E-state index is 12.0. The van der Waals surface area contributed by atoms with Crippen LogP contribution in [-0.2, 0) is 4.74 Å². The van der Waals surface area contributed by atoms with Gasteiger partial charge in [-0.1, -0.05) is 0 Å². The maximum atomic E-state index is 12.0. The van der Waals surface area contributed by atoms with Crippen LogP contribution in [0.2, 0.25) is 0 Å². The van der Waals surface area contributed by atoms with Crippen molar-refractivity contribution >= 4 is 0 Å². The zero-order chi connectivity index (χ0) is 9.99. The monoisotopic (exact) mass is 196 g/mol. The molecule has 1 nitrogen and oxygen atoms in total. The Hall–Kier alpha value is -0.460. The van der Waals surface area contributed by atoms with Crippen LogP contribution in [-0.4, -0.2) is 25.1 Å². The van der Waals surface area contributed by atoms with Crippen LogP contribution in [0.3, 0.4) is 0 Å². The second-order valence-electron chi connectivity index (χ2n) is 1.90. The highest BCUT2D eigenvalue weighted by Gasteiger charge is 2.57. The maximum Gasteiger partial charge on any atom is 0.428 e. The van der Waals surface area contributed by atoms with E-state index in [4.69, 9.17) is 0 Å². The summed E-state index contributed by atoms with van der Waals surface area (Å²) in [6, 6.07) is 0. The van der Waals surface area contributed by atoms with E-state index in [0.29, 0.717) is 0 Å². The highest BCUT2D eigenvalue weighted by Crippen LogP contribution is 2.35. The quantitative estimate of drug-likeness (QED) is 0.630. The molecule has 0 fully saturated rings. The first-order chi connectivity index (χ1) is 5.22. The molecule has 0 rings (SSSR count). The van der Waals surface area contributed by atoms with Crippen LogP contribution < -0.4 is 0 Å². The molecule has 0 aromatic carbocycles. The van der Waals surface area contributed by atoms with E-state index >= 15 is 0 Å². The molecule has 7 heteroatoms. The Morgan fingerprint density at radius 1 is 1.17 bits per heavy atom. The van der Waals surface area contributed by atoms with Gasteiger partial charge in [0.15, 0.2) is 0 Å². The molecule has 0 heterocycles. The Balaban J connectivity index is 4.34. The van der Waals surface area contributed by atoms with Crippen molar-refractivity contribution < 1.29 is 31.1 Å². The first-order valence-corrected chi connectivity index (χ1v) is 2.94. The van der Waals surface area contributed by atoms with Crippen LogP contribution >= 0.6 is 0 Å². The van der Waals surface area contributed by atoms with E-state index in [1.807, 2.05) is 0 Å². The van der Waals surface area contributed by atoms with Gasteiger partial charge in [0.05, 0.1) is 6.61 Å². The third-order valence-electron chi connectivity index (χ3n) is 0.919. The summed E-state index contributed by atoms with van der Waals surface area (Å²) in [5.41, 5.74) is 0. The van der Waals surface area contributed by atoms with Crippen molar-refractivity contribution in [2.24, 2.45) is 0 Å². The van der Waals surface area contributed by atoms with Gasteiger partial charge in [-0.25, -0.2) is 4.39 Å². The Kier molecular flexibility index (Phi) is 3.37. The molecule has 12 heavy (non-hydrogen) atoms. The minimum Gasteiger partial charge on any atom is -0.318 e. The predicted octanol–water partition coefficient (Wildman–Crippen LogP) is 2.52. The molecule has 0 aromatic rings. The summed E-state index contributed by atoms with van der Waals surface area (Å²) in [7, 11) is 0. The summed E-state index contributed by atoms with van der Waals surface area (Å²) in [4.78, 5) is 0. The number of alkyl halides is 6. The van der Waals surface area contributed by atoms with Gasteiger partial charge in [-0.15, -0.1) is 0 Å². The molecular formula is C5H6F6O. The molecule has 0 amide bonds. The van der Waals surface area contributed by atoms with E-state index in [2.05, 4.69) is 4.74 Å². The predicted molar refractivity (Wildman–Crippen MR) is 27.5 cm³/mol. The molecule has 74 valence electrons. The molecule has 0 bridgehead atoms. The van der Waals surface area contributed by atoms with Gasteiger partial charge in [-0.2, -0.15) is 22.0 Å². The lowest BCUT2D eigenvalue weighted by Gasteiger charge is -2.21. The molecule has 0 aliphatic heterocycles. The molecule has 0 radical (unpaired) electrons. The Labute approximate surface area is 64.3 Å². The molecule has 0 spiro atoms. The minimum absolute atomic E-state index is 0.691. The normalized spacial score (nSPS) is 16.2. The molecule has 1 atom stereocenters. The van der Waals surface area contributed by atoms with Gasteiger partial charge in [0, 0.05) is 0 Å². The van der Waals surface area contributed by atoms with E-state index in [0.717, 1.165) is 6.92 Å². The molecule has 0 saturated carbocycles. The van der Waals surface area contributed by atoms with Gasteiger partial charge in [-0.05, 0) is 6.92 Å². The van der Waals surface area contributed by atoms with Crippen LogP contribution in [0.25, 0.3) is 0 Å². The second-order valence-corrected chi connectivity index (χ2v) is 1.90. The van der Waals surface area contributed by atoms with E-state index in [-0.39, 0.29) is 0 Å². The zero-order valence-electron chi connectivity index (χ0n) is 5.96. The molecule has 0 saturated heterocycles. The lowest BCUT2D eigenvalue weighted by molar-refractivity contribution is -0.334. The van der Waals surface area contributed by atoms with Crippen molar-refractivity contribution in [1.82, 2.24) is 0 Å². The van der Waals surface area contributed by atoms with Crippen LogP contribution in [0, 0.1) is 0 Å². The van der Waals surface area contributed by atoms with Gasteiger partial charge < -0.3 is 4.74 Å².